The normalized spacial score (nSPS) is 86.1. The van der Waals surface area contributed by atoms with Crippen LogP contribution in [0.25, 0.3) is 0 Å². The van der Waals surface area contributed by atoms with Crippen LogP contribution >= 0.6 is 0 Å². The molecule has 0 N–H and O–H groups in total. The van der Waals surface area contributed by atoms with E-state index in [0.29, 0.717) is 0 Å². The maximum atomic E-state index is 2.83. The van der Waals surface area contributed by atoms with Crippen molar-refractivity contribution in [1.82, 2.24) is 0 Å². The van der Waals surface area contributed by atoms with E-state index in [1.807, 2.05) is 0 Å². The van der Waals surface area contributed by atoms with E-state index < -0.39 is 0 Å². The van der Waals surface area contributed by atoms with Gasteiger partial charge in [-0.25, -0.2) is 0 Å². The standard InChI is InChI=1S/C23H32/c1-11-5-12-6-13-7-14-17-15-8-16(21(17,4)20(13,14)3)19(2)9-22(11)10-23(15,19)18(12)22/h11-18H,5-10H2,1-4H3. The van der Waals surface area contributed by atoms with Gasteiger partial charge in [0.1, 0.15) is 0 Å². The van der Waals surface area contributed by atoms with Crippen molar-refractivity contribution in [2.24, 2.45) is 74.4 Å². The minimum Gasteiger partial charge on any atom is -0.0620 e. The smallest absolute Gasteiger partial charge is 0.0167 e. The lowest BCUT2D eigenvalue weighted by Gasteiger charge is -2.81. The molecule has 0 amide bonds. The lowest BCUT2D eigenvalue weighted by Crippen LogP contribution is -2.77. The third kappa shape index (κ3) is 0.702. The SMILES string of the molecule is CC1CC2CC3CC4C5C6CC(C7(C)CC18CC67C28)C5(C)C34C. The van der Waals surface area contributed by atoms with Gasteiger partial charge in [0.25, 0.3) is 0 Å². The summed E-state index contributed by atoms with van der Waals surface area (Å²) in [5.74, 6) is 9.04. The van der Waals surface area contributed by atoms with E-state index in [0.717, 1.165) is 68.5 Å². The molecule has 0 aromatic carbocycles. The molecule has 0 heteroatoms. The molecule has 13 unspecified atom stereocenters. The molecular formula is C23H32. The number of hydrogen-bond donors (Lipinski definition) is 0. The summed E-state index contributed by atoms with van der Waals surface area (Å²) in [6, 6.07) is 0. The fourth-order valence-corrected chi connectivity index (χ4v) is 13.6. The number of rotatable bonds is 0. The Morgan fingerprint density at radius 2 is 1.65 bits per heavy atom. The zero-order valence-corrected chi connectivity index (χ0v) is 15.4. The summed E-state index contributed by atoms with van der Waals surface area (Å²) in [4.78, 5) is 0. The van der Waals surface area contributed by atoms with Crippen LogP contribution in [0.5, 0.6) is 0 Å². The minimum atomic E-state index is 0.747. The van der Waals surface area contributed by atoms with E-state index in [9.17, 15) is 0 Å². The monoisotopic (exact) mass is 308 g/mol. The van der Waals surface area contributed by atoms with Crippen LogP contribution in [0.2, 0.25) is 0 Å². The van der Waals surface area contributed by atoms with Crippen molar-refractivity contribution >= 4 is 0 Å². The van der Waals surface area contributed by atoms with Crippen molar-refractivity contribution in [1.29, 1.82) is 0 Å². The Bertz CT molecular complexity index is 709. The van der Waals surface area contributed by atoms with Crippen molar-refractivity contribution in [2.45, 2.75) is 66.2 Å². The zero-order valence-electron chi connectivity index (χ0n) is 15.4. The average Bonchev–Trinajstić information content (AvgIpc) is 3.12. The molecule has 10 fully saturated rings. The minimum absolute atomic E-state index is 0.747. The second kappa shape index (κ2) is 2.69. The van der Waals surface area contributed by atoms with Crippen molar-refractivity contribution in [3.05, 3.63) is 0 Å². The molecule has 0 aliphatic heterocycles. The van der Waals surface area contributed by atoms with Crippen molar-refractivity contribution in [2.75, 3.05) is 0 Å². The second-order valence-electron chi connectivity index (χ2n) is 12.7. The summed E-state index contributed by atoms with van der Waals surface area (Å²) in [6.07, 6.45) is 9.88. The third-order valence-corrected chi connectivity index (χ3v) is 13.8. The number of hydrogen-bond acceptors (Lipinski definition) is 0. The third-order valence-electron chi connectivity index (χ3n) is 13.8. The fourth-order valence-electron chi connectivity index (χ4n) is 13.6. The van der Waals surface area contributed by atoms with Crippen LogP contribution < -0.4 is 0 Å². The summed E-state index contributed by atoms with van der Waals surface area (Å²) >= 11 is 0. The van der Waals surface area contributed by atoms with Gasteiger partial charge in [0, 0.05) is 0 Å². The molecule has 0 nitrogen and oxygen atoms in total. The molecule has 0 saturated heterocycles. The first-order valence-electron chi connectivity index (χ1n) is 10.9. The Hall–Kier alpha value is 0. The summed E-state index contributed by atoms with van der Waals surface area (Å²) < 4.78 is 0. The van der Waals surface area contributed by atoms with E-state index >= 15 is 0 Å². The van der Waals surface area contributed by atoms with Gasteiger partial charge in [0.2, 0.25) is 0 Å². The quantitative estimate of drug-likeness (QED) is 0.564. The first-order valence-corrected chi connectivity index (χ1v) is 10.9. The molecule has 2 spiro atoms. The Morgan fingerprint density at radius 1 is 0.826 bits per heavy atom. The molecule has 0 heterocycles. The summed E-state index contributed by atoms with van der Waals surface area (Å²) in [7, 11) is 0. The molecule has 0 aromatic heterocycles. The largest absolute Gasteiger partial charge is 0.0620 e. The molecule has 10 aliphatic carbocycles. The van der Waals surface area contributed by atoms with Gasteiger partial charge < -0.3 is 0 Å². The molecule has 0 radical (unpaired) electrons. The highest BCUT2D eigenvalue weighted by Gasteiger charge is 2.96. The summed E-state index contributed by atoms with van der Waals surface area (Å²) in [6.45, 7) is 11.1. The van der Waals surface area contributed by atoms with Gasteiger partial charge in [-0.05, 0) is 113 Å². The fraction of sp³-hybridized carbons (Fsp3) is 1.00. The van der Waals surface area contributed by atoms with Gasteiger partial charge in [-0.3, -0.25) is 0 Å². The molecule has 10 saturated carbocycles. The molecule has 13 atom stereocenters. The van der Waals surface area contributed by atoms with Gasteiger partial charge in [0.15, 0.2) is 0 Å². The molecule has 0 aromatic rings. The molecule has 8 bridgehead atoms. The van der Waals surface area contributed by atoms with Crippen LogP contribution in [0.15, 0.2) is 0 Å². The van der Waals surface area contributed by atoms with Crippen molar-refractivity contribution < 1.29 is 0 Å². The molecule has 124 valence electrons. The summed E-state index contributed by atoms with van der Waals surface area (Å²) in [5, 5.41) is 0. The van der Waals surface area contributed by atoms with Crippen LogP contribution in [0.1, 0.15) is 66.2 Å². The van der Waals surface area contributed by atoms with Gasteiger partial charge in [-0.2, -0.15) is 0 Å². The van der Waals surface area contributed by atoms with E-state index in [4.69, 9.17) is 0 Å². The van der Waals surface area contributed by atoms with Crippen LogP contribution in [-0.4, -0.2) is 0 Å². The second-order valence-corrected chi connectivity index (χ2v) is 12.7. The predicted octanol–water partition coefficient (Wildman–Crippen LogP) is 5.38. The zero-order chi connectivity index (χ0) is 15.4. The Labute approximate surface area is 141 Å². The van der Waals surface area contributed by atoms with Crippen LogP contribution in [-0.2, 0) is 0 Å². The van der Waals surface area contributed by atoms with Gasteiger partial charge in [-0.1, -0.05) is 27.7 Å². The maximum absolute atomic E-state index is 2.83. The van der Waals surface area contributed by atoms with Gasteiger partial charge in [-0.15, -0.1) is 0 Å². The molecular weight excluding hydrogens is 276 g/mol. The van der Waals surface area contributed by atoms with Gasteiger partial charge in [0.05, 0.1) is 0 Å². The van der Waals surface area contributed by atoms with Crippen LogP contribution in [0.3, 0.4) is 0 Å². The Balaban J connectivity index is 1.47. The molecule has 23 heavy (non-hydrogen) atoms. The maximum Gasteiger partial charge on any atom is -0.0167 e. The molecule has 10 rings (SSSR count). The highest BCUT2D eigenvalue weighted by atomic mass is 15.0. The van der Waals surface area contributed by atoms with E-state index in [2.05, 4.69) is 27.7 Å². The predicted molar refractivity (Wildman–Crippen MR) is 90.5 cm³/mol. The highest BCUT2D eigenvalue weighted by molar-refractivity contribution is 5.44. The average molecular weight is 309 g/mol. The Kier molecular flexibility index (Phi) is 1.45. The first-order chi connectivity index (χ1) is 10.9. The van der Waals surface area contributed by atoms with Crippen LogP contribution in [0.4, 0.5) is 0 Å². The highest BCUT2D eigenvalue weighted by Crippen LogP contribution is 3.02. The van der Waals surface area contributed by atoms with Crippen molar-refractivity contribution in [3.8, 4) is 0 Å². The van der Waals surface area contributed by atoms with E-state index in [1.54, 1.807) is 38.5 Å². The van der Waals surface area contributed by atoms with E-state index in [1.165, 1.54) is 5.92 Å². The topological polar surface area (TPSA) is 0 Å². The lowest BCUT2D eigenvalue weighted by atomic mass is 9.23. The molecule has 10 aliphatic rings. The van der Waals surface area contributed by atoms with E-state index in [-0.39, 0.29) is 0 Å². The van der Waals surface area contributed by atoms with Gasteiger partial charge >= 0.3 is 0 Å². The van der Waals surface area contributed by atoms with Crippen molar-refractivity contribution in [3.63, 3.8) is 0 Å². The first kappa shape index (κ1) is 12.4. The lowest BCUT2D eigenvalue weighted by molar-refractivity contribution is -0.344. The Morgan fingerprint density at radius 3 is 2.48 bits per heavy atom. The van der Waals surface area contributed by atoms with Crippen LogP contribution in [0, 0.1) is 74.4 Å². The summed E-state index contributed by atoms with van der Waals surface area (Å²) in [5.41, 5.74) is 3.93.